The zero-order valence-electron chi connectivity index (χ0n) is 14.1. The van der Waals surface area contributed by atoms with Crippen molar-refractivity contribution in [1.82, 2.24) is 10.4 Å². The highest BCUT2D eigenvalue weighted by atomic mass is 32.2. The maximum absolute atomic E-state index is 12.1. The van der Waals surface area contributed by atoms with E-state index in [0.29, 0.717) is 11.7 Å². The Hall–Kier alpha value is -1.99. The first-order valence-electron chi connectivity index (χ1n) is 8.05. The van der Waals surface area contributed by atoms with Crippen molar-refractivity contribution in [1.29, 1.82) is 0 Å². The molecule has 2 N–H and O–H groups in total. The van der Waals surface area contributed by atoms with Crippen LogP contribution in [0, 0.1) is 0 Å². The second-order valence-electron chi connectivity index (χ2n) is 5.87. The number of nitrogens with zero attached hydrogens (tertiary/aromatic N) is 2. The van der Waals surface area contributed by atoms with Gasteiger partial charge in [0.05, 0.1) is 11.4 Å². The number of hydrogen-bond acceptors (Lipinski definition) is 6. The largest absolute Gasteiger partial charge is 0.325 e. The van der Waals surface area contributed by atoms with Gasteiger partial charge in [0.2, 0.25) is 5.91 Å². The SMILES string of the molecule is CC(C)c1ccc(NC(=O)CSC2=NNC(c3ccccn3)S2)cc1. The Bertz CT molecular complexity index is 747. The lowest BCUT2D eigenvalue weighted by atomic mass is 10.0. The molecule has 1 unspecified atom stereocenters. The molecule has 1 amide bonds. The topological polar surface area (TPSA) is 66.4 Å². The van der Waals surface area contributed by atoms with Crippen LogP contribution in [0.3, 0.4) is 0 Å². The molecule has 0 aliphatic carbocycles. The number of anilines is 1. The number of nitrogens with one attached hydrogen (secondary N) is 2. The van der Waals surface area contributed by atoms with E-state index in [1.807, 2.05) is 42.5 Å². The maximum atomic E-state index is 12.1. The molecule has 2 heterocycles. The molecule has 0 saturated heterocycles. The van der Waals surface area contributed by atoms with Gasteiger partial charge in [0.1, 0.15) is 5.37 Å². The second kappa shape index (κ2) is 8.40. The lowest BCUT2D eigenvalue weighted by Crippen LogP contribution is -2.14. The molecule has 7 heteroatoms. The van der Waals surface area contributed by atoms with Crippen molar-refractivity contribution in [3.8, 4) is 0 Å². The number of amides is 1. The summed E-state index contributed by atoms with van der Waals surface area (Å²) in [7, 11) is 0. The Balaban J connectivity index is 1.45. The molecule has 0 spiro atoms. The molecular formula is C18H20N4OS2. The van der Waals surface area contributed by atoms with Crippen LogP contribution < -0.4 is 10.7 Å². The first kappa shape index (κ1) is 17.8. The summed E-state index contributed by atoms with van der Waals surface area (Å²) >= 11 is 3.01. The van der Waals surface area contributed by atoms with Gasteiger partial charge in [-0.1, -0.05) is 55.6 Å². The summed E-state index contributed by atoms with van der Waals surface area (Å²) in [6.45, 7) is 4.30. The summed E-state index contributed by atoms with van der Waals surface area (Å²) in [5, 5.41) is 7.20. The number of thioether (sulfide) groups is 2. The Morgan fingerprint density at radius 1 is 1.28 bits per heavy atom. The predicted molar refractivity (Wildman–Crippen MR) is 107 cm³/mol. The number of aromatic nitrogens is 1. The van der Waals surface area contributed by atoms with E-state index >= 15 is 0 Å². The first-order valence-corrected chi connectivity index (χ1v) is 9.92. The third-order valence-corrected chi connectivity index (χ3v) is 5.90. The summed E-state index contributed by atoms with van der Waals surface area (Å²) in [4.78, 5) is 16.4. The zero-order chi connectivity index (χ0) is 17.6. The molecule has 130 valence electrons. The maximum Gasteiger partial charge on any atom is 0.234 e. The minimum absolute atomic E-state index is 0.00957. The van der Waals surface area contributed by atoms with Crippen LogP contribution in [0.5, 0.6) is 0 Å². The Morgan fingerprint density at radius 3 is 2.76 bits per heavy atom. The standard InChI is InChI=1S/C18H20N4OS2/c1-12(2)13-6-8-14(9-7-13)20-16(23)11-24-18-22-21-17(25-18)15-5-3-4-10-19-15/h3-10,12,17,21H,11H2,1-2H3,(H,20,23). The molecule has 3 rings (SSSR count). The highest BCUT2D eigenvalue weighted by Crippen LogP contribution is 2.34. The summed E-state index contributed by atoms with van der Waals surface area (Å²) in [6, 6.07) is 13.8. The Morgan fingerprint density at radius 2 is 2.08 bits per heavy atom. The first-order chi connectivity index (χ1) is 12.1. The fraction of sp³-hybridized carbons (Fsp3) is 0.278. The third-order valence-electron chi connectivity index (χ3n) is 3.64. The van der Waals surface area contributed by atoms with Gasteiger partial charge in [0, 0.05) is 11.9 Å². The van der Waals surface area contributed by atoms with E-state index in [4.69, 9.17) is 0 Å². The number of hydrogen-bond donors (Lipinski definition) is 2. The van der Waals surface area contributed by atoms with Crippen LogP contribution in [0.1, 0.15) is 36.4 Å². The molecule has 0 fully saturated rings. The highest BCUT2D eigenvalue weighted by Gasteiger charge is 2.22. The quantitative estimate of drug-likeness (QED) is 0.824. The number of pyridine rings is 1. The number of rotatable bonds is 5. The van der Waals surface area contributed by atoms with E-state index < -0.39 is 0 Å². The smallest absolute Gasteiger partial charge is 0.234 e. The fourth-order valence-electron chi connectivity index (χ4n) is 2.26. The number of hydrazone groups is 1. The van der Waals surface area contributed by atoms with Crippen molar-refractivity contribution in [2.75, 3.05) is 11.1 Å². The van der Waals surface area contributed by atoms with Gasteiger partial charge in [0.25, 0.3) is 0 Å². The van der Waals surface area contributed by atoms with Crippen molar-refractivity contribution in [3.05, 3.63) is 59.9 Å². The molecule has 1 aromatic carbocycles. The van der Waals surface area contributed by atoms with Crippen LogP contribution in [0.25, 0.3) is 0 Å². The normalized spacial score (nSPS) is 16.4. The van der Waals surface area contributed by atoms with Gasteiger partial charge in [-0.05, 0) is 35.7 Å². The zero-order valence-corrected chi connectivity index (χ0v) is 15.7. The molecule has 1 aliphatic heterocycles. The number of carbonyl (C=O) groups is 1. The van der Waals surface area contributed by atoms with Gasteiger partial charge in [-0.3, -0.25) is 15.2 Å². The van der Waals surface area contributed by atoms with Crippen LogP contribution in [-0.4, -0.2) is 21.0 Å². The second-order valence-corrected chi connectivity index (χ2v) is 8.19. The van der Waals surface area contributed by atoms with Crippen molar-refractivity contribution in [2.45, 2.75) is 25.1 Å². The van der Waals surface area contributed by atoms with Crippen LogP contribution in [0.2, 0.25) is 0 Å². The lowest BCUT2D eigenvalue weighted by Gasteiger charge is -2.08. The van der Waals surface area contributed by atoms with Gasteiger partial charge in [0.15, 0.2) is 4.38 Å². The predicted octanol–water partition coefficient (Wildman–Crippen LogP) is 4.18. The van der Waals surface area contributed by atoms with Crippen LogP contribution in [-0.2, 0) is 4.79 Å². The van der Waals surface area contributed by atoms with Gasteiger partial charge in [-0.15, -0.1) is 0 Å². The summed E-state index contributed by atoms with van der Waals surface area (Å²) < 4.78 is 0.848. The molecule has 1 aliphatic rings. The van der Waals surface area contributed by atoms with E-state index in [0.717, 1.165) is 15.8 Å². The summed E-state index contributed by atoms with van der Waals surface area (Å²) in [6.07, 6.45) is 1.76. The molecular weight excluding hydrogens is 352 g/mol. The number of benzene rings is 1. The number of carbonyl (C=O) groups excluding carboxylic acids is 1. The van der Waals surface area contributed by atoms with Gasteiger partial charge >= 0.3 is 0 Å². The minimum Gasteiger partial charge on any atom is -0.325 e. The average Bonchev–Trinajstić information content (AvgIpc) is 3.10. The molecule has 1 atom stereocenters. The van der Waals surface area contributed by atoms with Crippen molar-refractivity contribution in [3.63, 3.8) is 0 Å². The summed E-state index contributed by atoms with van der Waals surface area (Å²) in [5.74, 6) is 0.776. The van der Waals surface area contributed by atoms with E-state index in [-0.39, 0.29) is 11.3 Å². The minimum atomic E-state index is -0.0353. The van der Waals surface area contributed by atoms with Gasteiger partial charge < -0.3 is 5.32 Å². The van der Waals surface area contributed by atoms with Gasteiger partial charge in [-0.2, -0.15) is 5.10 Å². The molecule has 5 nitrogen and oxygen atoms in total. The molecule has 2 aromatic rings. The van der Waals surface area contributed by atoms with Crippen molar-refractivity contribution in [2.24, 2.45) is 5.10 Å². The lowest BCUT2D eigenvalue weighted by molar-refractivity contribution is -0.113. The Labute approximate surface area is 156 Å². The van der Waals surface area contributed by atoms with Crippen LogP contribution in [0.4, 0.5) is 5.69 Å². The van der Waals surface area contributed by atoms with E-state index in [1.54, 1.807) is 18.0 Å². The van der Waals surface area contributed by atoms with E-state index in [9.17, 15) is 4.79 Å². The molecule has 1 aromatic heterocycles. The summed E-state index contributed by atoms with van der Waals surface area (Å²) in [5.41, 5.74) is 6.06. The van der Waals surface area contributed by atoms with Crippen molar-refractivity contribution < 1.29 is 4.79 Å². The van der Waals surface area contributed by atoms with E-state index in [2.05, 4.69) is 34.7 Å². The van der Waals surface area contributed by atoms with Gasteiger partial charge in [-0.25, -0.2) is 0 Å². The Kier molecular flexibility index (Phi) is 5.99. The molecule has 0 bridgehead atoms. The van der Waals surface area contributed by atoms with Crippen molar-refractivity contribution >= 4 is 39.5 Å². The molecule has 25 heavy (non-hydrogen) atoms. The third kappa shape index (κ3) is 4.99. The van der Waals surface area contributed by atoms with E-state index in [1.165, 1.54) is 17.3 Å². The molecule has 0 saturated carbocycles. The average molecular weight is 373 g/mol. The highest BCUT2D eigenvalue weighted by molar-refractivity contribution is 8.39. The van der Waals surface area contributed by atoms with Crippen LogP contribution >= 0.6 is 23.5 Å². The van der Waals surface area contributed by atoms with Crippen LogP contribution in [0.15, 0.2) is 53.8 Å². The fourth-order valence-corrected chi connectivity index (χ4v) is 4.12. The monoisotopic (exact) mass is 372 g/mol. The molecule has 0 radical (unpaired) electrons.